The van der Waals surface area contributed by atoms with E-state index in [1.165, 1.54) is 19.3 Å². The first-order valence-corrected chi connectivity index (χ1v) is 8.15. The largest absolute Gasteiger partial charge is 0.444 e. The highest BCUT2D eigenvalue weighted by molar-refractivity contribution is 5.68. The number of ether oxygens (including phenoxy) is 2. The van der Waals surface area contributed by atoms with Crippen LogP contribution in [0.4, 0.5) is 4.79 Å². The van der Waals surface area contributed by atoms with Crippen LogP contribution in [0.5, 0.6) is 0 Å². The average molecular weight is 298 g/mol. The van der Waals surface area contributed by atoms with Crippen molar-refractivity contribution < 1.29 is 14.3 Å². The van der Waals surface area contributed by atoms with Crippen molar-refractivity contribution in [2.75, 3.05) is 33.3 Å². The Morgan fingerprint density at radius 3 is 2.24 bits per heavy atom. The SMILES string of the molecule is CO[C@@H]1CCCC[C@H]1N1CCN(C(=O)OC(C)(C)C)CC1. The molecular formula is C16H30N2O3. The van der Waals surface area contributed by atoms with Crippen LogP contribution in [0.25, 0.3) is 0 Å². The Bertz CT molecular complexity index is 346. The highest BCUT2D eigenvalue weighted by atomic mass is 16.6. The molecule has 0 aromatic carbocycles. The molecule has 1 saturated carbocycles. The van der Waals surface area contributed by atoms with Gasteiger partial charge in [0.2, 0.25) is 0 Å². The lowest BCUT2D eigenvalue weighted by Gasteiger charge is -2.43. The molecule has 0 spiro atoms. The number of piperazine rings is 1. The van der Waals surface area contributed by atoms with Crippen LogP contribution in [-0.2, 0) is 9.47 Å². The molecule has 1 aliphatic carbocycles. The third-order valence-electron chi connectivity index (χ3n) is 4.41. The molecule has 1 saturated heterocycles. The minimum absolute atomic E-state index is 0.186. The van der Waals surface area contributed by atoms with Crippen molar-refractivity contribution in [2.45, 2.75) is 64.2 Å². The van der Waals surface area contributed by atoms with Crippen LogP contribution in [0, 0.1) is 0 Å². The third kappa shape index (κ3) is 4.58. The predicted octanol–water partition coefficient (Wildman–Crippen LogP) is 2.50. The monoisotopic (exact) mass is 298 g/mol. The van der Waals surface area contributed by atoms with Crippen molar-refractivity contribution in [3.63, 3.8) is 0 Å². The Labute approximate surface area is 128 Å². The van der Waals surface area contributed by atoms with E-state index in [4.69, 9.17) is 9.47 Å². The van der Waals surface area contributed by atoms with Crippen LogP contribution < -0.4 is 0 Å². The Hall–Kier alpha value is -0.810. The molecule has 1 heterocycles. The number of carbonyl (C=O) groups is 1. The summed E-state index contributed by atoms with van der Waals surface area (Å²) < 4.78 is 11.1. The number of carbonyl (C=O) groups excluding carboxylic acids is 1. The second-order valence-electron chi connectivity index (χ2n) is 7.13. The summed E-state index contributed by atoms with van der Waals surface area (Å²) in [5, 5.41) is 0. The summed E-state index contributed by atoms with van der Waals surface area (Å²) in [5.74, 6) is 0. The highest BCUT2D eigenvalue weighted by Crippen LogP contribution is 2.26. The Balaban J connectivity index is 1.83. The number of hydrogen-bond acceptors (Lipinski definition) is 4. The number of hydrogen-bond donors (Lipinski definition) is 0. The summed E-state index contributed by atoms with van der Waals surface area (Å²) in [5.41, 5.74) is -0.418. The molecule has 2 rings (SSSR count). The van der Waals surface area contributed by atoms with Crippen molar-refractivity contribution in [1.29, 1.82) is 0 Å². The minimum atomic E-state index is -0.418. The Morgan fingerprint density at radius 1 is 1.05 bits per heavy atom. The first-order valence-electron chi connectivity index (χ1n) is 8.15. The molecule has 0 aromatic heterocycles. The van der Waals surface area contributed by atoms with Crippen molar-refractivity contribution in [3.05, 3.63) is 0 Å². The zero-order valence-electron chi connectivity index (χ0n) is 13.9. The van der Waals surface area contributed by atoms with E-state index in [1.807, 2.05) is 32.8 Å². The highest BCUT2D eigenvalue weighted by Gasteiger charge is 2.33. The minimum Gasteiger partial charge on any atom is -0.444 e. The van der Waals surface area contributed by atoms with Gasteiger partial charge in [0.25, 0.3) is 0 Å². The second-order valence-corrected chi connectivity index (χ2v) is 7.13. The standard InChI is InChI=1S/C16H30N2O3/c1-16(2,3)21-15(19)18-11-9-17(10-12-18)13-7-5-6-8-14(13)20-4/h13-14H,5-12H2,1-4H3/t13-,14-/m1/s1. The van der Waals surface area contributed by atoms with Crippen molar-refractivity contribution in [2.24, 2.45) is 0 Å². The summed E-state index contributed by atoms with van der Waals surface area (Å²) in [4.78, 5) is 16.4. The maximum absolute atomic E-state index is 12.1. The third-order valence-corrected chi connectivity index (χ3v) is 4.41. The molecular weight excluding hydrogens is 268 g/mol. The van der Waals surface area contributed by atoms with Crippen LogP contribution in [0.3, 0.4) is 0 Å². The van der Waals surface area contributed by atoms with Gasteiger partial charge >= 0.3 is 6.09 Å². The molecule has 0 radical (unpaired) electrons. The molecule has 1 aliphatic heterocycles. The summed E-state index contributed by atoms with van der Waals surface area (Å²) in [7, 11) is 1.82. The van der Waals surface area contributed by atoms with E-state index in [0.29, 0.717) is 12.1 Å². The molecule has 21 heavy (non-hydrogen) atoms. The van der Waals surface area contributed by atoms with Crippen LogP contribution >= 0.6 is 0 Å². The van der Waals surface area contributed by atoms with E-state index >= 15 is 0 Å². The number of rotatable bonds is 2. The van der Waals surface area contributed by atoms with Crippen molar-refractivity contribution in [1.82, 2.24) is 9.80 Å². The number of nitrogens with zero attached hydrogens (tertiary/aromatic N) is 2. The first kappa shape index (κ1) is 16.6. The van der Waals surface area contributed by atoms with Gasteiger partial charge in [-0.25, -0.2) is 4.79 Å². The molecule has 1 amide bonds. The summed E-state index contributed by atoms with van der Waals surface area (Å²) in [6, 6.07) is 0.518. The molecule has 5 nitrogen and oxygen atoms in total. The molecule has 0 N–H and O–H groups in total. The number of methoxy groups -OCH3 is 1. The van der Waals surface area contributed by atoms with Gasteiger partial charge in [-0.15, -0.1) is 0 Å². The quantitative estimate of drug-likeness (QED) is 0.785. The lowest BCUT2D eigenvalue weighted by Crippen LogP contribution is -2.56. The maximum atomic E-state index is 12.1. The Kier molecular flexibility index (Phi) is 5.49. The van der Waals surface area contributed by atoms with Gasteiger partial charge in [0, 0.05) is 39.3 Å². The summed E-state index contributed by atoms with van der Waals surface area (Å²) in [6.45, 7) is 9.07. The van der Waals surface area contributed by atoms with E-state index in [1.54, 1.807) is 0 Å². The smallest absolute Gasteiger partial charge is 0.410 e. The molecule has 2 aliphatic rings. The zero-order chi connectivity index (χ0) is 15.5. The normalized spacial score (nSPS) is 28.5. The van der Waals surface area contributed by atoms with Crippen molar-refractivity contribution in [3.8, 4) is 0 Å². The topological polar surface area (TPSA) is 42.0 Å². The van der Waals surface area contributed by atoms with Gasteiger partial charge in [-0.1, -0.05) is 12.8 Å². The first-order chi connectivity index (χ1) is 9.90. The second kappa shape index (κ2) is 6.97. The van der Waals surface area contributed by atoms with Gasteiger partial charge in [0.1, 0.15) is 5.60 Å². The molecule has 0 bridgehead atoms. The Morgan fingerprint density at radius 2 is 1.67 bits per heavy atom. The summed E-state index contributed by atoms with van der Waals surface area (Å²) in [6.07, 6.45) is 5.10. The van der Waals surface area contributed by atoms with Gasteiger partial charge in [-0.3, -0.25) is 4.90 Å². The molecule has 2 atom stereocenters. The van der Waals surface area contributed by atoms with Crippen LogP contribution in [0.2, 0.25) is 0 Å². The van der Waals surface area contributed by atoms with Crippen LogP contribution in [0.15, 0.2) is 0 Å². The van der Waals surface area contributed by atoms with Crippen LogP contribution in [0.1, 0.15) is 46.5 Å². The van der Waals surface area contributed by atoms with Gasteiger partial charge in [-0.2, -0.15) is 0 Å². The van der Waals surface area contributed by atoms with Crippen molar-refractivity contribution >= 4 is 6.09 Å². The predicted molar refractivity (Wildman–Crippen MR) is 82.4 cm³/mol. The van der Waals surface area contributed by atoms with Gasteiger partial charge in [0.05, 0.1) is 6.10 Å². The molecule has 0 unspecified atom stereocenters. The number of amides is 1. The fourth-order valence-electron chi connectivity index (χ4n) is 3.33. The van der Waals surface area contributed by atoms with Gasteiger partial charge in [0.15, 0.2) is 0 Å². The van der Waals surface area contributed by atoms with E-state index < -0.39 is 5.60 Å². The summed E-state index contributed by atoms with van der Waals surface area (Å²) >= 11 is 0. The molecule has 0 aromatic rings. The van der Waals surface area contributed by atoms with E-state index in [2.05, 4.69) is 4.90 Å². The average Bonchev–Trinajstić information content (AvgIpc) is 2.45. The van der Waals surface area contributed by atoms with Crippen LogP contribution in [-0.4, -0.2) is 66.9 Å². The van der Waals surface area contributed by atoms with Gasteiger partial charge < -0.3 is 14.4 Å². The lowest BCUT2D eigenvalue weighted by molar-refractivity contribution is -0.0324. The lowest BCUT2D eigenvalue weighted by atomic mass is 9.91. The van der Waals surface area contributed by atoms with E-state index in [0.717, 1.165) is 32.6 Å². The molecule has 5 heteroatoms. The molecule has 122 valence electrons. The van der Waals surface area contributed by atoms with Gasteiger partial charge in [-0.05, 0) is 33.6 Å². The van der Waals surface area contributed by atoms with E-state index in [-0.39, 0.29) is 6.09 Å². The fourth-order valence-corrected chi connectivity index (χ4v) is 3.33. The van der Waals surface area contributed by atoms with E-state index in [9.17, 15) is 4.79 Å². The maximum Gasteiger partial charge on any atom is 0.410 e. The zero-order valence-corrected chi connectivity index (χ0v) is 13.9. The fraction of sp³-hybridized carbons (Fsp3) is 0.938. The molecule has 2 fully saturated rings.